The van der Waals surface area contributed by atoms with Crippen molar-refractivity contribution in [2.45, 2.75) is 6.54 Å². The lowest BCUT2D eigenvalue weighted by Crippen LogP contribution is -2.19. The second-order valence-electron chi connectivity index (χ2n) is 4.00. The molecule has 0 atom stereocenters. The highest BCUT2D eigenvalue weighted by molar-refractivity contribution is 9.10. The summed E-state index contributed by atoms with van der Waals surface area (Å²) in [6.45, 7) is -0.267. The number of hydrogen-bond donors (Lipinski definition) is 2. The van der Waals surface area contributed by atoms with Gasteiger partial charge < -0.3 is 15.0 Å². The average molecular weight is 358 g/mol. The van der Waals surface area contributed by atoms with Gasteiger partial charge in [0, 0.05) is 16.4 Å². The van der Waals surface area contributed by atoms with Crippen LogP contribution in [-0.2, 0) is 11.3 Å². The van der Waals surface area contributed by atoms with Crippen LogP contribution in [0.4, 0.5) is 5.69 Å². The van der Waals surface area contributed by atoms with Crippen LogP contribution in [0.2, 0.25) is 5.02 Å². The standard InChI is InChI=1S/C13H10BrClN2O3/c14-9-4-3-8(6-10(9)15)16-13(20)11-2-1-5-17(11)7-12(18)19/h1-6H,7H2,(H,16,20)(H,18,19). The minimum absolute atomic E-state index is 0.267. The molecular weight excluding hydrogens is 348 g/mol. The number of carboxylic acid groups (broad SMARTS) is 1. The number of nitrogens with one attached hydrogen (secondary N) is 1. The van der Waals surface area contributed by atoms with Gasteiger partial charge in [0.25, 0.3) is 5.91 Å². The molecule has 0 radical (unpaired) electrons. The minimum Gasteiger partial charge on any atom is -0.480 e. The Morgan fingerprint density at radius 1 is 1.35 bits per heavy atom. The zero-order chi connectivity index (χ0) is 14.7. The molecule has 20 heavy (non-hydrogen) atoms. The number of carbonyl (C=O) groups excluding carboxylic acids is 1. The molecule has 2 N–H and O–H groups in total. The molecule has 5 nitrogen and oxygen atoms in total. The second kappa shape index (κ2) is 6.11. The van der Waals surface area contributed by atoms with Gasteiger partial charge in [-0.2, -0.15) is 0 Å². The van der Waals surface area contributed by atoms with Crippen LogP contribution < -0.4 is 5.32 Å². The van der Waals surface area contributed by atoms with Crippen LogP contribution in [0.5, 0.6) is 0 Å². The molecule has 1 amide bonds. The first-order valence-corrected chi connectivity index (χ1v) is 6.78. The summed E-state index contributed by atoms with van der Waals surface area (Å²) in [6, 6.07) is 8.19. The van der Waals surface area contributed by atoms with Crippen LogP contribution >= 0.6 is 27.5 Å². The van der Waals surface area contributed by atoms with E-state index in [2.05, 4.69) is 21.2 Å². The van der Waals surface area contributed by atoms with Gasteiger partial charge in [-0.3, -0.25) is 9.59 Å². The van der Waals surface area contributed by atoms with Crippen molar-refractivity contribution in [3.8, 4) is 0 Å². The van der Waals surface area contributed by atoms with E-state index in [1.807, 2.05) is 0 Å². The number of aromatic nitrogens is 1. The predicted octanol–water partition coefficient (Wildman–Crippen LogP) is 3.24. The minimum atomic E-state index is -1.01. The van der Waals surface area contributed by atoms with Crippen LogP contribution in [0.1, 0.15) is 10.5 Å². The van der Waals surface area contributed by atoms with Crippen molar-refractivity contribution in [1.29, 1.82) is 0 Å². The Kier molecular flexibility index (Phi) is 4.46. The van der Waals surface area contributed by atoms with Crippen molar-refractivity contribution >= 4 is 45.1 Å². The topological polar surface area (TPSA) is 71.3 Å². The maximum Gasteiger partial charge on any atom is 0.323 e. The SMILES string of the molecule is O=C(O)Cn1cccc1C(=O)Nc1ccc(Br)c(Cl)c1. The molecule has 1 aromatic heterocycles. The average Bonchev–Trinajstić information content (AvgIpc) is 2.81. The van der Waals surface area contributed by atoms with E-state index >= 15 is 0 Å². The van der Waals surface area contributed by atoms with Gasteiger partial charge >= 0.3 is 5.97 Å². The Morgan fingerprint density at radius 3 is 2.75 bits per heavy atom. The van der Waals surface area contributed by atoms with Gasteiger partial charge in [0.15, 0.2) is 0 Å². The smallest absolute Gasteiger partial charge is 0.323 e. The number of carboxylic acids is 1. The quantitative estimate of drug-likeness (QED) is 0.882. The van der Waals surface area contributed by atoms with E-state index in [0.29, 0.717) is 10.7 Å². The molecule has 0 spiro atoms. The number of aliphatic carboxylic acids is 1. The Bertz CT molecular complexity index is 669. The molecule has 2 rings (SSSR count). The van der Waals surface area contributed by atoms with Gasteiger partial charge in [0.05, 0.1) is 5.02 Å². The van der Waals surface area contributed by atoms with Crippen molar-refractivity contribution in [3.63, 3.8) is 0 Å². The predicted molar refractivity (Wildman–Crippen MR) is 79.2 cm³/mol. The molecule has 0 unspecified atom stereocenters. The second-order valence-corrected chi connectivity index (χ2v) is 5.26. The van der Waals surface area contributed by atoms with Gasteiger partial charge in [-0.25, -0.2) is 0 Å². The number of amides is 1. The number of carbonyl (C=O) groups is 2. The highest BCUT2D eigenvalue weighted by Crippen LogP contribution is 2.25. The molecule has 104 valence electrons. The number of hydrogen-bond acceptors (Lipinski definition) is 2. The van der Waals surface area contributed by atoms with Crippen molar-refractivity contribution < 1.29 is 14.7 Å². The van der Waals surface area contributed by atoms with Crippen LogP contribution in [-0.4, -0.2) is 21.6 Å². The third-order valence-electron chi connectivity index (χ3n) is 2.55. The Balaban J connectivity index is 2.17. The number of benzene rings is 1. The first-order valence-electron chi connectivity index (χ1n) is 5.60. The van der Waals surface area contributed by atoms with Gasteiger partial charge in [0.2, 0.25) is 0 Å². The zero-order valence-electron chi connectivity index (χ0n) is 10.1. The molecule has 0 bridgehead atoms. The van der Waals surface area contributed by atoms with Crippen LogP contribution in [0, 0.1) is 0 Å². The maximum absolute atomic E-state index is 12.1. The third kappa shape index (κ3) is 3.40. The molecule has 2 aromatic rings. The molecule has 7 heteroatoms. The summed E-state index contributed by atoms with van der Waals surface area (Å²) in [5, 5.41) is 11.9. The largest absolute Gasteiger partial charge is 0.480 e. The van der Waals surface area contributed by atoms with Gasteiger partial charge in [0.1, 0.15) is 12.2 Å². The fourth-order valence-electron chi connectivity index (χ4n) is 1.67. The zero-order valence-corrected chi connectivity index (χ0v) is 12.5. The molecule has 0 aliphatic carbocycles. The monoisotopic (exact) mass is 356 g/mol. The third-order valence-corrected chi connectivity index (χ3v) is 3.78. The van der Waals surface area contributed by atoms with E-state index in [-0.39, 0.29) is 12.2 Å². The normalized spacial score (nSPS) is 10.3. The lowest BCUT2D eigenvalue weighted by molar-refractivity contribution is -0.137. The van der Waals surface area contributed by atoms with Crippen LogP contribution in [0.25, 0.3) is 0 Å². The lowest BCUT2D eigenvalue weighted by Gasteiger charge is -2.08. The number of nitrogens with zero attached hydrogens (tertiary/aromatic N) is 1. The van der Waals surface area contributed by atoms with E-state index in [1.165, 1.54) is 10.8 Å². The highest BCUT2D eigenvalue weighted by Gasteiger charge is 2.13. The van der Waals surface area contributed by atoms with Gasteiger partial charge in [-0.1, -0.05) is 11.6 Å². The fourth-order valence-corrected chi connectivity index (χ4v) is 2.10. The maximum atomic E-state index is 12.1. The summed E-state index contributed by atoms with van der Waals surface area (Å²) in [4.78, 5) is 22.8. The lowest BCUT2D eigenvalue weighted by atomic mass is 10.3. The van der Waals surface area contributed by atoms with E-state index in [4.69, 9.17) is 16.7 Å². The van der Waals surface area contributed by atoms with Crippen molar-refractivity contribution in [3.05, 3.63) is 51.7 Å². The summed E-state index contributed by atoms with van der Waals surface area (Å²) >= 11 is 9.20. The summed E-state index contributed by atoms with van der Waals surface area (Å²) < 4.78 is 2.09. The van der Waals surface area contributed by atoms with Gasteiger partial charge in [-0.05, 0) is 46.3 Å². The van der Waals surface area contributed by atoms with Crippen molar-refractivity contribution in [2.75, 3.05) is 5.32 Å². The number of anilines is 1. The Hall–Kier alpha value is -1.79. The van der Waals surface area contributed by atoms with Crippen molar-refractivity contribution in [1.82, 2.24) is 4.57 Å². The first-order chi connectivity index (χ1) is 9.47. The van der Waals surface area contributed by atoms with Crippen LogP contribution in [0.15, 0.2) is 41.0 Å². The van der Waals surface area contributed by atoms with Crippen molar-refractivity contribution in [2.24, 2.45) is 0 Å². The fraction of sp³-hybridized carbons (Fsp3) is 0.0769. The highest BCUT2D eigenvalue weighted by atomic mass is 79.9. The van der Waals surface area contributed by atoms with E-state index in [1.54, 1.807) is 30.3 Å². The molecule has 1 heterocycles. The number of halogens is 2. The Morgan fingerprint density at radius 2 is 2.10 bits per heavy atom. The molecule has 1 aromatic carbocycles. The molecule has 0 fully saturated rings. The summed E-state index contributed by atoms with van der Waals surface area (Å²) in [7, 11) is 0. The summed E-state index contributed by atoms with van der Waals surface area (Å²) in [5.74, 6) is -1.41. The van der Waals surface area contributed by atoms with Gasteiger partial charge in [-0.15, -0.1) is 0 Å². The molecule has 0 saturated heterocycles. The first kappa shape index (κ1) is 14.6. The summed E-state index contributed by atoms with van der Waals surface area (Å²) in [6.07, 6.45) is 1.54. The molecular formula is C13H10BrClN2O3. The number of rotatable bonds is 4. The molecule has 0 saturated carbocycles. The Labute approximate surface area is 128 Å². The summed E-state index contributed by atoms with van der Waals surface area (Å²) in [5.41, 5.74) is 0.803. The molecule has 0 aliphatic rings. The van der Waals surface area contributed by atoms with E-state index in [9.17, 15) is 9.59 Å². The van der Waals surface area contributed by atoms with Crippen LogP contribution in [0.3, 0.4) is 0 Å². The van der Waals surface area contributed by atoms with E-state index in [0.717, 1.165) is 4.47 Å². The molecule has 0 aliphatic heterocycles. The van der Waals surface area contributed by atoms with E-state index < -0.39 is 11.9 Å².